The molecule has 0 bridgehead atoms. The van der Waals surface area contributed by atoms with Crippen LogP contribution >= 0.6 is 0 Å². The Morgan fingerprint density at radius 3 is 2.21 bits per heavy atom. The average molecular weight is 249 g/mol. The van der Waals surface area contributed by atoms with Gasteiger partial charge in [0.2, 0.25) is 0 Å². The molecular weight excluding hydrogens is 222 g/mol. The zero-order valence-corrected chi connectivity index (χ0v) is 13.3. The van der Waals surface area contributed by atoms with Crippen LogP contribution in [0.2, 0.25) is 15.0 Å². The SMILES string of the molecule is C=C[CH2][Zn]([CH2]C)[CH2]CCCCCCC. The van der Waals surface area contributed by atoms with Crippen LogP contribution in [0, 0.1) is 0 Å². The van der Waals surface area contributed by atoms with Crippen molar-refractivity contribution in [3.05, 3.63) is 12.7 Å². The van der Waals surface area contributed by atoms with Crippen molar-refractivity contribution in [2.24, 2.45) is 0 Å². The van der Waals surface area contributed by atoms with E-state index in [2.05, 4.69) is 26.5 Å². The summed E-state index contributed by atoms with van der Waals surface area (Å²) >= 11 is -1.04. The zero-order chi connectivity index (χ0) is 10.6. The molecule has 1 heteroatoms. The van der Waals surface area contributed by atoms with Gasteiger partial charge in [0.1, 0.15) is 0 Å². The summed E-state index contributed by atoms with van der Waals surface area (Å²) < 4.78 is 0. The summed E-state index contributed by atoms with van der Waals surface area (Å²) in [5.74, 6) is 0. The third-order valence-electron chi connectivity index (χ3n) is 3.42. The van der Waals surface area contributed by atoms with Crippen LogP contribution < -0.4 is 0 Å². The first kappa shape index (κ1) is 14.4. The molecule has 14 heavy (non-hydrogen) atoms. The number of allylic oxidation sites excluding steroid dienone is 1. The Labute approximate surface area is 96.1 Å². The van der Waals surface area contributed by atoms with Gasteiger partial charge in [0, 0.05) is 0 Å². The van der Waals surface area contributed by atoms with Crippen molar-refractivity contribution in [3.8, 4) is 0 Å². The van der Waals surface area contributed by atoms with E-state index in [0.717, 1.165) is 0 Å². The Morgan fingerprint density at radius 2 is 1.64 bits per heavy atom. The van der Waals surface area contributed by atoms with E-state index < -0.39 is 16.0 Å². The van der Waals surface area contributed by atoms with Gasteiger partial charge in [-0.2, -0.15) is 0 Å². The molecule has 0 fully saturated rings. The van der Waals surface area contributed by atoms with Crippen molar-refractivity contribution in [1.29, 1.82) is 0 Å². The second kappa shape index (κ2) is 11.4. The zero-order valence-electron chi connectivity index (χ0n) is 10.4. The standard InChI is InChI=1S/C8H17.C3H5.C2H5.Zn/c1-3-5-7-8-6-4-2;1-3-2;1-2;/h1,3-8H2,2H3;3H,1-2H2;1H2,2H3;. The second-order valence-electron chi connectivity index (χ2n) is 4.76. The molecule has 0 radical (unpaired) electrons. The molecule has 0 aromatic rings. The molecule has 0 amide bonds. The first-order chi connectivity index (χ1) is 6.85. The Bertz CT molecular complexity index is 120. The van der Waals surface area contributed by atoms with Crippen molar-refractivity contribution in [2.75, 3.05) is 0 Å². The maximum atomic E-state index is 3.87. The van der Waals surface area contributed by atoms with Gasteiger partial charge in [-0.05, 0) is 0 Å². The topological polar surface area (TPSA) is 0 Å². The second-order valence-corrected chi connectivity index (χ2v) is 14.0. The molecule has 0 unspecified atom stereocenters. The molecule has 0 rings (SSSR count). The van der Waals surface area contributed by atoms with E-state index >= 15 is 0 Å². The predicted molar refractivity (Wildman–Crippen MR) is 63.7 cm³/mol. The summed E-state index contributed by atoms with van der Waals surface area (Å²) in [4.78, 5) is 0. The third kappa shape index (κ3) is 8.94. The van der Waals surface area contributed by atoms with Gasteiger partial charge < -0.3 is 0 Å². The Balaban J connectivity index is 3.19. The number of hydrogen-bond acceptors (Lipinski definition) is 0. The molecule has 0 N–H and O–H groups in total. The van der Waals surface area contributed by atoms with Gasteiger partial charge in [-0.1, -0.05) is 0 Å². The van der Waals surface area contributed by atoms with Crippen LogP contribution in [0.4, 0.5) is 0 Å². The van der Waals surface area contributed by atoms with Crippen LogP contribution in [0.3, 0.4) is 0 Å². The molecule has 0 aliphatic carbocycles. The minimum atomic E-state index is -1.04. The van der Waals surface area contributed by atoms with Gasteiger partial charge in [-0.3, -0.25) is 0 Å². The normalized spacial score (nSPS) is 10.1. The van der Waals surface area contributed by atoms with Gasteiger partial charge >= 0.3 is 96.0 Å². The fraction of sp³-hybridized carbons (Fsp3) is 0.846. The van der Waals surface area contributed by atoms with Crippen LogP contribution in [-0.2, 0) is 16.0 Å². The van der Waals surface area contributed by atoms with Crippen LogP contribution in [0.5, 0.6) is 0 Å². The quantitative estimate of drug-likeness (QED) is 0.275. The number of unbranched alkanes of at least 4 members (excludes halogenated alkanes) is 5. The van der Waals surface area contributed by atoms with Crippen molar-refractivity contribution in [3.63, 3.8) is 0 Å². The molecule has 0 aliphatic heterocycles. The molecule has 81 valence electrons. The Kier molecular flexibility index (Phi) is 11.7. The minimum absolute atomic E-state index is 1.04. The van der Waals surface area contributed by atoms with E-state index in [9.17, 15) is 0 Å². The molecule has 0 nitrogen and oxygen atoms in total. The van der Waals surface area contributed by atoms with Crippen molar-refractivity contribution in [2.45, 2.75) is 67.4 Å². The van der Waals surface area contributed by atoms with Gasteiger partial charge in [0.25, 0.3) is 0 Å². The first-order valence-corrected chi connectivity index (χ1v) is 13.0. The van der Waals surface area contributed by atoms with E-state index in [1.807, 2.05) is 0 Å². The average Bonchev–Trinajstić information content (AvgIpc) is 2.21. The van der Waals surface area contributed by atoms with E-state index in [1.165, 1.54) is 48.6 Å². The first-order valence-electron chi connectivity index (χ1n) is 6.73. The summed E-state index contributed by atoms with van der Waals surface area (Å²) in [6.07, 6.45) is 10.9. The predicted octanol–water partition coefficient (Wildman–Crippen LogP) is 5.43. The fourth-order valence-electron chi connectivity index (χ4n) is 2.20. The molecular formula is C13H27Zn. The monoisotopic (exact) mass is 247 g/mol. The molecule has 0 aromatic carbocycles. The van der Waals surface area contributed by atoms with Crippen molar-refractivity contribution < 1.29 is 16.0 Å². The van der Waals surface area contributed by atoms with Crippen LogP contribution in [0.1, 0.15) is 52.4 Å². The van der Waals surface area contributed by atoms with E-state index in [4.69, 9.17) is 0 Å². The van der Waals surface area contributed by atoms with Gasteiger partial charge in [0.15, 0.2) is 0 Å². The van der Waals surface area contributed by atoms with Gasteiger partial charge in [0.05, 0.1) is 0 Å². The molecule has 0 atom stereocenters. The molecule has 0 spiro atoms. The van der Waals surface area contributed by atoms with Crippen LogP contribution in [0.15, 0.2) is 12.7 Å². The molecule has 0 saturated carbocycles. The van der Waals surface area contributed by atoms with Gasteiger partial charge in [-0.15, -0.1) is 0 Å². The van der Waals surface area contributed by atoms with E-state index in [-0.39, 0.29) is 0 Å². The summed E-state index contributed by atoms with van der Waals surface area (Å²) in [5, 5.41) is 4.57. The van der Waals surface area contributed by atoms with Crippen LogP contribution in [-0.4, -0.2) is 0 Å². The fourth-order valence-corrected chi connectivity index (χ4v) is 8.15. The molecule has 0 aliphatic rings. The summed E-state index contributed by atoms with van der Waals surface area (Å²) in [7, 11) is 0. The van der Waals surface area contributed by atoms with E-state index in [0.29, 0.717) is 0 Å². The van der Waals surface area contributed by atoms with Crippen molar-refractivity contribution >= 4 is 0 Å². The maximum absolute atomic E-state index is 3.87. The summed E-state index contributed by atoms with van der Waals surface area (Å²) in [6.45, 7) is 8.54. The Morgan fingerprint density at radius 1 is 1.00 bits per heavy atom. The molecule has 0 aromatic heterocycles. The Hall–Kier alpha value is 0.363. The van der Waals surface area contributed by atoms with Gasteiger partial charge in [-0.25, -0.2) is 0 Å². The van der Waals surface area contributed by atoms with Crippen LogP contribution in [0.25, 0.3) is 0 Å². The summed E-state index contributed by atoms with van der Waals surface area (Å²) in [6, 6.07) is 0. The summed E-state index contributed by atoms with van der Waals surface area (Å²) in [5.41, 5.74) is 0. The molecule has 0 heterocycles. The number of hydrogen-bond donors (Lipinski definition) is 0. The number of rotatable bonds is 10. The van der Waals surface area contributed by atoms with E-state index in [1.54, 1.807) is 5.02 Å². The molecule has 0 saturated heterocycles. The van der Waals surface area contributed by atoms with Crippen molar-refractivity contribution in [1.82, 2.24) is 0 Å². The third-order valence-corrected chi connectivity index (χ3v) is 12.1.